The van der Waals surface area contributed by atoms with E-state index in [1.807, 2.05) is 0 Å². The van der Waals surface area contributed by atoms with Gasteiger partial charge in [-0.15, -0.1) is 0 Å². The molecular weight excluding hydrogens is 192 g/mol. The highest BCUT2D eigenvalue weighted by Crippen LogP contribution is 2.24. The van der Waals surface area contributed by atoms with Crippen molar-refractivity contribution in [2.24, 2.45) is 5.14 Å². The maximum Gasteiger partial charge on any atom is 0.238 e. The zero-order valence-electron chi connectivity index (χ0n) is 6.98. The molecule has 0 bridgehead atoms. The molecule has 72 valence electrons. The van der Waals surface area contributed by atoms with Gasteiger partial charge in [0.25, 0.3) is 0 Å². The number of aromatic hydroxyl groups is 1. The summed E-state index contributed by atoms with van der Waals surface area (Å²) in [7, 11) is -2.13. The van der Waals surface area contributed by atoms with E-state index < -0.39 is 10.0 Å². The molecule has 4 N–H and O–H groups in total. The van der Waals surface area contributed by atoms with Gasteiger partial charge in [-0.3, -0.25) is 0 Å². The minimum absolute atomic E-state index is 0.0186. The van der Waals surface area contributed by atoms with Crippen molar-refractivity contribution in [1.29, 1.82) is 0 Å². The highest BCUT2D eigenvalue weighted by Gasteiger charge is 2.09. The lowest BCUT2D eigenvalue weighted by atomic mass is 10.3. The predicted octanol–water partition coefficient (Wildman–Crippen LogP) is 0.0813. The van der Waals surface area contributed by atoms with E-state index >= 15 is 0 Å². The van der Waals surface area contributed by atoms with E-state index in [0.717, 1.165) is 0 Å². The van der Waals surface area contributed by atoms with Crippen LogP contribution in [0, 0.1) is 0 Å². The number of hydrogen-bond acceptors (Lipinski definition) is 4. The van der Waals surface area contributed by atoms with Gasteiger partial charge in [-0.25, -0.2) is 13.6 Å². The van der Waals surface area contributed by atoms with Crippen LogP contribution in [0.3, 0.4) is 0 Å². The molecule has 0 aliphatic heterocycles. The summed E-state index contributed by atoms with van der Waals surface area (Å²) in [6.45, 7) is 0. The molecule has 0 aliphatic rings. The number of sulfonamides is 1. The zero-order chi connectivity index (χ0) is 10.1. The Bertz CT molecular complexity index is 414. The Balaban J connectivity index is 3.30. The van der Waals surface area contributed by atoms with Crippen LogP contribution in [-0.4, -0.2) is 20.6 Å². The second-order valence-corrected chi connectivity index (χ2v) is 4.04. The van der Waals surface area contributed by atoms with Gasteiger partial charge in [0.2, 0.25) is 10.0 Å². The molecule has 5 nitrogen and oxygen atoms in total. The molecule has 0 spiro atoms. The fraction of sp³-hybridized carbons (Fsp3) is 0.143. The third-order valence-corrected chi connectivity index (χ3v) is 2.48. The largest absolute Gasteiger partial charge is 0.506 e. The van der Waals surface area contributed by atoms with Crippen LogP contribution in [0.2, 0.25) is 0 Å². The summed E-state index contributed by atoms with van der Waals surface area (Å²) in [5.74, 6) is -0.0186. The first-order valence-corrected chi connectivity index (χ1v) is 5.03. The van der Waals surface area contributed by atoms with Crippen LogP contribution in [-0.2, 0) is 10.0 Å². The summed E-state index contributed by atoms with van der Waals surface area (Å²) in [6, 6.07) is 3.78. The normalized spacial score (nSPS) is 11.2. The van der Waals surface area contributed by atoms with Crippen LogP contribution < -0.4 is 10.5 Å². The minimum atomic E-state index is -3.70. The molecule has 0 aromatic heterocycles. The van der Waals surface area contributed by atoms with Gasteiger partial charge in [0.05, 0.1) is 10.6 Å². The SMILES string of the molecule is CNc1cc(S(N)(=O)=O)ccc1O. The highest BCUT2D eigenvalue weighted by molar-refractivity contribution is 7.89. The van der Waals surface area contributed by atoms with Gasteiger partial charge in [0.15, 0.2) is 0 Å². The number of phenols is 1. The zero-order valence-corrected chi connectivity index (χ0v) is 7.80. The van der Waals surface area contributed by atoms with E-state index in [4.69, 9.17) is 5.14 Å². The fourth-order valence-corrected chi connectivity index (χ4v) is 1.43. The maximum absolute atomic E-state index is 10.9. The van der Waals surface area contributed by atoms with Crippen LogP contribution in [0.25, 0.3) is 0 Å². The predicted molar refractivity (Wildman–Crippen MR) is 49.0 cm³/mol. The van der Waals surface area contributed by atoms with Crippen molar-refractivity contribution in [3.63, 3.8) is 0 Å². The molecule has 0 atom stereocenters. The number of benzene rings is 1. The molecule has 1 aromatic rings. The third kappa shape index (κ3) is 2.10. The van der Waals surface area contributed by atoms with E-state index in [1.54, 1.807) is 7.05 Å². The Morgan fingerprint density at radius 3 is 2.54 bits per heavy atom. The second kappa shape index (κ2) is 3.23. The Hall–Kier alpha value is -1.27. The smallest absolute Gasteiger partial charge is 0.238 e. The molecule has 0 amide bonds. The topological polar surface area (TPSA) is 92.4 Å². The van der Waals surface area contributed by atoms with Crippen molar-refractivity contribution in [1.82, 2.24) is 0 Å². The number of phenolic OH excluding ortho intramolecular Hbond substituents is 1. The molecule has 6 heteroatoms. The molecule has 0 heterocycles. The van der Waals surface area contributed by atoms with Crippen LogP contribution in [0.15, 0.2) is 23.1 Å². The van der Waals surface area contributed by atoms with Crippen molar-refractivity contribution >= 4 is 15.7 Å². The van der Waals surface area contributed by atoms with E-state index in [9.17, 15) is 13.5 Å². The van der Waals surface area contributed by atoms with Gasteiger partial charge < -0.3 is 10.4 Å². The molecule has 1 aromatic carbocycles. The van der Waals surface area contributed by atoms with E-state index in [0.29, 0.717) is 5.69 Å². The number of primary sulfonamides is 1. The monoisotopic (exact) mass is 202 g/mol. The Morgan fingerprint density at radius 2 is 2.08 bits per heavy atom. The molecule has 0 saturated carbocycles. The van der Waals surface area contributed by atoms with E-state index in [2.05, 4.69) is 5.32 Å². The Labute approximate surface area is 76.2 Å². The van der Waals surface area contributed by atoms with E-state index in [1.165, 1.54) is 18.2 Å². The summed E-state index contributed by atoms with van der Waals surface area (Å²) in [6.07, 6.45) is 0. The molecule has 13 heavy (non-hydrogen) atoms. The number of rotatable bonds is 2. The molecule has 0 fully saturated rings. The summed E-state index contributed by atoms with van der Waals surface area (Å²) in [5.41, 5.74) is 0.325. The van der Waals surface area contributed by atoms with Crippen molar-refractivity contribution in [3.8, 4) is 5.75 Å². The van der Waals surface area contributed by atoms with Crippen molar-refractivity contribution in [2.45, 2.75) is 4.90 Å². The number of hydrogen-bond donors (Lipinski definition) is 3. The molecule has 1 rings (SSSR count). The molecule has 0 unspecified atom stereocenters. The molecule has 0 saturated heterocycles. The fourth-order valence-electron chi connectivity index (χ4n) is 0.892. The van der Waals surface area contributed by atoms with Crippen LogP contribution in [0.5, 0.6) is 5.75 Å². The van der Waals surface area contributed by atoms with Gasteiger partial charge in [0.1, 0.15) is 5.75 Å². The van der Waals surface area contributed by atoms with Crippen molar-refractivity contribution in [3.05, 3.63) is 18.2 Å². The lowest BCUT2D eigenvalue weighted by molar-refractivity contribution is 0.477. The van der Waals surface area contributed by atoms with Crippen molar-refractivity contribution in [2.75, 3.05) is 12.4 Å². The first-order chi connectivity index (χ1) is 5.95. The number of nitrogens with two attached hydrogens (primary N) is 1. The average Bonchev–Trinajstić information content (AvgIpc) is 2.03. The first-order valence-electron chi connectivity index (χ1n) is 3.48. The van der Waals surface area contributed by atoms with E-state index in [-0.39, 0.29) is 10.6 Å². The lowest BCUT2D eigenvalue weighted by Gasteiger charge is -2.04. The Kier molecular flexibility index (Phi) is 2.44. The lowest BCUT2D eigenvalue weighted by Crippen LogP contribution is -2.12. The summed E-state index contributed by atoms with van der Waals surface area (Å²) in [5, 5.41) is 16.7. The standard InChI is InChI=1S/C7H10N2O3S/c1-9-6-4-5(13(8,11)12)2-3-7(6)10/h2-4,9-10H,1H3,(H2,8,11,12). The van der Waals surface area contributed by atoms with Crippen LogP contribution in [0.4, 0.5) is 5.69 Å². The molecular formula is C7H10N2O3S. The summed E-state index contributed by atoms with van der Waals surface area (Å²) >= 11 is 0. The van der Waals surface area contributed by atoms with Crippen LogP contribution in [0.1, 0.15) is 0 Å². The van der Waals surface area contributed by atoms with Gasteiger partial charge >= 0.3 is 0 Å². The van der Waals surface area contributed by atoms with Gasteiger partial charge in [0, 0.05) is 7.05 Å². The number of anilines is 1. The molecule has 0 radical (unpaired) electrons. The summed E-state index contributed by atoms with van der Waals surface area (Å²) in [4.78, 5) is -0.0327. The first kappa shape index (κ1) is 9.82. The molecule has 0 aliphatic carbocycles. The maximum atomic E-state index is 10.9. The van der Waals surface area contributed by atoms with Gasteiger partial charge in [-0.05, 0) is 18.2 Å². The van der Waals surface area contributed by atoms with Gasteiger partial charge in [-0.2, -0.15) is 0 Å². The average molecular weight is 202 g/mol. The van der Waals surface area contributed by atoms with Crippen LogP contribution >= 0.6 is 0 Å². The van der Waals surface area contributed by atoms with Crippen molar-refractivity contribution < 1.29 is 13.5 Å². The second-order valence-electron chi connectivity index (χ2n) is 2.47. The highest BCUT2D eigenvalue weighted by atomic mass is 32.2. The number of nitrogens with one attached hydrogen (secondary N) is 1. The minimum Gasteiger partial charge on any atom is -0.506 e. The summed E-state index contributed by atoms with van der Waals surface area (Å²) < 4.78 is 21.8. The van der Waals surface area contributed by atoms with Gasteiger partial charge in [-0.1, -0.05) is 0 Å². The third-order valence-electron chi connectivity index (χ3n) is 1.57. The quantitative estimate of drug-likeness (QED) is 0.592. The Morgan fingerprint density at radius 1 is 1.46 bits per heavy atom.